The van der Waals surface area contributed by atoms with Crippen LogP contribution in [0.15, 0.2) is 6.08 Å². The van der Waals surface area contributed by atoms with Gasteiger partial charge in [0.05, 0.1) is 19.2 Å². The van der Waals surface area contributed by atoms with E-state index in [9.17, 15) is 9.59 Å². The predicted molar refractivity (Wildman–Crippen MR) is 71.4 cm³/mol. The lowest BCUT2D eigenvalue weighted by molar-refractivity contribution is -0.140. The number of aromatic nitrogens is 2. The summed E-state index contributed by atoms with van der Waals surface area (Å²) in [5, 5.41) is 6.87. The van der Waals surface area contributed by atoms with Gasteiger partial charge in [-0.05, 0) is 19.9 Å². The van der Waals surface area contributed by atoms with Crippen LogP contribution >= 0.6 is 0 Å². The largest absolute Gasteiger partial charge is 0.469 e. The number of aryl methyl sites for hydroxylation is 2. The van der Waals surface area contributed by atoms with Crippen LogP contribution in [0.1, 0.15) is 23.4 Å². The Labute approximate surface area is 112 Å². The smallest absolute Gasteiger partial charge is 0.307 e. The SMILES string of the molecule is COC(=O)CCNC(=O)/C=C/c1c(C)nn(C)c1C. The molecule has 6 heteroatoms. The Morgan fingerprint density at radius 2 is 2.11 bits per heavy atom. The number of nitrogens with zero attached hydrogens (tertiary/aromatic N) is 2. The molecule has 0 aliphatic heterocycles. The highest BCUT2D eigenvalue weighted by Gasteiger charge is 2.06. The fourth-order valence-corrected chi connectivity index (χ4v) is 1.64. The molecule has 0 spiro atoms. The number of hydrogen-bond acceptors (Lipinski definition) is 4. The fraction of sp³-hybridized carbons (Fsp3) is 0.462. The molecule has 0 radical (unpaired) electrons. The minimum atomic E-state index is -0.344. The van der Waals surface area contributed by atoms with Crippen molar-refractivity contribution >= 4 is 18.0 Å². The van der Waals surface area contributed by atoms with Crippen LogP contribution < -0.4 is 5.32 Å². The number of amides is 1. The van der Waals surface area contributed by atoms with E-state index in [0.717, 1.165) is 17.0 Å². The molecule has 0 aromatic carbocycles. The summed E-state index contributed by atoms with van der Waals surface area (Å²) in [6.45, 7) is 4.09. The third-order valence-electron chi connectivity index (χ3n) is 2.82. The van der Waals surface area contributed by atoms with Gasteiger partial charge in [0.2, 0.25) is 5.91 Å². The maximum atomic E-state index is 11.5. The molecule has 0 bridgehead atoms. The van der Waals surface area contributed by atoms with E-state index in [4.69, 9.17) is 0 Å². The lowest BCUT2D eigenvalue weighted by Crippen LogP contribution is -2.24. The third-order valence-corrected chi connectivity index (χ3v) is 2.82. The van der Waals surface area contributed by atoms with Gasteiger partial charge in [-0.3, -0.25) is 14.3 Å². The summed E-state index contributed by atoms with van der Waals surface area (Å²) < 4.78 is 6.24. The second-order valence-corrected chi connectivity index (χ2v) is 4.16. The van der Waals surface area contributed by atoms with Crippen molar-refractivity contribution < 1.29 is 14.3 Å². The van der Waals surface area contributed by atoms with Gasteiger partial charge in [0, 0.05) is 30.9 Å². The van der Waals surface area contributed by atoms with Crippen LogP contribution in [-0.4, -0.2) is 35.3 Å². The summed E-state index contributed by atoms with van der Waals surface area (Å²) in [5.74, 6) is -0.588. The van der Waals surface area contributed by atoms with E-state index < -0.39 is 0 Å². The third kappa shape index (κ3) is 4.24. The van der Waals surface area contributed by atoms with Crippen molar-refractivity contribution in [2.45, 2.75) is 20.3 Å². The first-order valence-electron chi connectivity index (χ1n) is 5.98. The number of carbonyl (C=O) groups excluding carboxylic acids is 2. The van der Waals surface area contributed by atoms with Gasteiger partial charge < -0.3 is 10.1 Å². The van der Waals surface area contributed by atoms with Crippen LogP contribution in [0.2, 0.25) is 0 Å². The Morgan fingerprint density at radius 3 is 2.63 bits per heavy atom. The first kappa shape index (κ1) is 14.9. The van der Waals surface area contributed by atoms with Crippen molar-refractivity contribution in [3.8, 4) is 0 Å². The minimum absolute atomic E-state index is 0.168. The van der Waals surface area contributed by atoms with Crippen molar-refractivity contribution in [3.63, 3.8) is 0 Å². The fourth-order valence-electron chi connectivity index (χ4n) is 1.64. The first-order valence-corrected chi connectivity index (χ1v) is 5.98. The predicted octanol–water partition coefficient (Wildman–Crippen LogP) is 0.729. The van der Waals surface area contributed by atoms with Gasteiger partial charge in [0.15, 0.2) is 0 Å². The van der Waals surface area contributed by atoms with E-state index in [0.29, 0.717) is 0 Å². The van der Waals surface area contributed by atoms with Crippen LogP contribution in [0.5, 0.6) is 0 Å². The summed E-state index contributed by atoms with van der Waals surface area (Å²) >= 11 is 0. The van der Waals surface area contributed by atoms with Crippen LogP contribution in [0.25, 0.3) is 6.08 Å². The molecule has 0 aliphatic carbocycles. The van der Waals surface area contributed by atoms with Crippen LogP contribution in [0.4, 0.5) is 0 Å². The second-order valence-electron chi connectivity index (χ2n) is 4.16. The lowest BCUT2D eigenvalue weighted by atomic mass is 10.2. The molecule has 1 aromatic heterocycles. The Morgan fingerprint density at radius 1 is 1.42 bits per heavy atom. The van der Waals surface area contributed by atoms with Crippen molar-refractivity contribution in [2.75, 3.05) is 13.7 Å². The minimum Gasteiger partial charge on any atom is -0.469 e. The molecule has 0 unspecified atom stereocenters. The van der Waals surface area contributed by atoms with Gasteiger partial charge >= 0.3 is 5.97 Å². The Kier molecular flexibility index (Phi) is 5.29. The number of esters is 1. The molecule has 1 N–H and O–H groups in total. The molecule has 1 rings (SSSR count). The van der Waals surface area contributed by atoms with E-state index in [1.165, 1.54) is 13.2 Å². The average molecular weight is 265 g/mol. The van der Waals surface area contributed by atoms with Crippen molar-refractivity contribution in [3.05, 3.63) is 23.0 Å². The van der Waals surface area contributed by atoms with Crippen molar-refractivity contribution in [1.82, 2.24) is 15.1 Å². The normalized spacial score (nSPS) is 10.7. The molecule has 0 saturated carbocycles. The summed E-state index contributed by atoms with van der Waals surface area (Å²) in [6.07, 6.45) is 3.33. The standard InChI is InChI=1S/C13H19N3O3/c1-9-11(10(2)16(3)15-9)5-6-12(17)14-8-7-13(18)19-4/h5-6H,7-8H2,1-4H3,(H,14,17)/b6-5+. The number of methoxy groups -OCH3 is 1. The quantitative estimate of drug-likeness (QED) is 0.629. The molecule has 0 saturated heterocycles. The molecule has 6 nitrogen and oxygen atoms in total. The van der Waals surface area contributed by atoms with E-state index in [2.05, 4.69) is 15.2 Å². The zero-order chi connectivity index (χ0) is 14.4. The zero-order valence-corrected chi connectivity index (χ0v) is 11.7. The van der Waals surface area contributed by atoms with Crippen LogP contribution in [0, 0.1) is 13.8 Å². The van der Waals surface area contributed by atoms with E-state index in [-0.39, 0.29) is 24.8 Å². The average Bonchev–Trinajstić information content (AvgIpc) is 2.61. The summed E-state index contributed by atoms with van der Waals surface area (Å²) in [7, 11) is 3.17. The van der Waals surface area contributed by atoms with E-state index >= 15 is 0 Å². The maximum absolute atomic E-state index is 11.5. The van der Waals surface area contributed by atoms with Crippen LogP contribution in [0.3, 0.4) is 0 Å². The van der Waals surface area contributed by atoms with Gasteiger partial charge in [0.25, 0.3) is 0 Å². The van der Waals surface area contributed by atoms with Gasteiger partial charge in [-0.25, -0.2) is 0 Å². The topological polar surface area (TPSA) is 73.2 Å². The molecule has 1 amide bonds. The van der Waals surface area contributed by atoms with Gasteiger partial charge in [-0.1, -0.05) is 0 Å². The molecular formula is C13H19N3O3. The number of ether oxygens (including phenoxy) is 1. The highest BCUT2D eigenvalue weighted by atomic mass is 16.5. The molecular weight excluding hydrogens is 246 g/mol. The monoisotopic (exact) mass is 265 g/mol. The maximum Gasteiger partial charge on any atom is 0.307 e. The molecule has 1 aromatic rings. The summed E-state index contributed by atoms with van der Waals surface area (Å²) in [4.78, 5) is 22.4. The number of hydrogen-bond donors (Lipinski definition) is 1. The number of carbonyl (C=O) groups is 2. The van der Waals surface area contributed by atoms with Crippen molar-refractivity contribution in [1.29, 1.82) is 0 Å². The molecule has 1 heterocycles. The van der Waals surface area contributed by atoms with Gasteiger partial charge in [-0.2, -0.15) is 5.10 Å². The number of nitrogens with one attached hydrogen (secondary N) is 1. The highest BCUT2D eigenvalue weighted by molar-refractivity contribution is 5.92. The molecule has 0 atom stereocenters. The molecule has 0 fully saturated rings. The summed E-state index contributed by atoms with van der Waals surface area (Å²) in [5.41, 5.74) is 2.81. The highest BCUT2D eigenvalue weighted by Crippen LogP contribution is 2.13. The first-order chi connectivity index (χ1) is 8.95. The second kappa shape index (κ2) is 6.72. The Bertz CT molecular complexity index is 503. The van der Waals surface area contributed by atoms with E-state index in [1.807, 2.05) is 20.9 Å². The molecule has 104 valence electrons. The van der Waals surface area contributed by atoms with Gasteiger partial charge in [0.1, 0.15) is 0 Å². The van der Waals surface area contributed by atoms with Crippen LogP contribution in [-0.2, 0) is 21.4 Å². The summed E-state index contributed by atoms with van der Waals surface area (Å²) in [6, 6.07) is 0. The van der Waals surface area contributed by atoms with E-state index in [1.54, 1.807) is 10.8 Å². The Balaban J connectivity index is 2.52. The molecule has 0 aliphatic rings. The van der Waals surface area contributed by atoms with Gasteiger partial charge in [-0.15, -0.1) is 0 Å². The molecule has 19 heavy (non-hydrogen) atoms. The number of rotatable bonds is 5. The Hall–Kier alpha value is -2.11. The zero-order valence-electron chi connectivity index (χ0n) is 11.7. The van der Waals surface area contributed by atoms with Crippen molar-refractivity contribution in [2.24, 2.45) is 7.05 Å². The lowest BCUT2D eigenvalue weighted by Gasteiger charge is -2.00.